The summed E-state index contributed by atoms with van der Waals surface area (Å²) in [6.07, 6.45) is 5.60. The van der Waals surface area contributed by atoms with Crippen LogP contribution in [0.1, 0.15) is 29.4 Å². The van der Waals surface area contributed by atoms with Crippen molar-refractivity contribution in [2.24, 2.45) is 4.99 Å². The maximum absolute atomic E-state index is 12.8. The number of anilines is 1. The Hall–Kier alpha value is -4.37. The summed E-state index contributed by atoms with van der Waals surface area (Å²) >= 11 is 0. The third-order valence-corrected chi connectivity index (χ3v) is 5.50. The molecule has 0 aliphatic carbocycles. The van der Waals surface area contributed by atoms with Crippen LogP contribution >= 0.6 is 0 Å². The van der Waals surface area contributed by atoms with Gasteiger partial charge in [0.25, 0.3) is 11.5 Å². The number of aryl methyl sites for hydroxylation is 1. The van der Waals surface area contributed by atoms with E-state index in [0.29, 0.717) is 47.7 Å². The third-order valence-electron chi connectivity index (χ3n) is 5.50. The SMILES string of the molecule is CCOCCCNc1cc2nc(C)c(=O)[nH]c2cc1N=CNC(=O)c1cccc(-c2ccncc2)c1. The molecular weight excluding hydrogens is 456 g/mol. The van der Waals surface area contributed by atoms with E-state index >= 15 is 0 Å². The molecule has 0 saturated carbocycles. The Morgan fingerprint density at radius 1 is 1.14 bits per heavy atom. The van der Waals surface area contributed by atoms with Crippen molar-refractivity contribution in [1.29, 1.82) is 0 Å². The van der Waals surface area contributed by atoms with Crippen LogP contribution in [0.15, 0.2) is 70.7 Å². The lowest BCUT2D eigenvalue weighted by molar-refractivity contribution is 0.0978. The zero-order valence-corrected chi connectivity index (χ0v) is 20.2. The first-order chi connectivity index (χ1) is 17.5. The Morgan fingerprint density at radius 2 is 1.97 bits per heavy atom. The number of H-pyrrole nitrogens is 1. The standard InChI is InChI=1S/C27H28N6O3/c1-3-36-13-5-10-29-22-15-24-25(33-26(34)18(2)32-24)16-23(22)30-17-31-27(35)21-7-4-6-20(14-21)19-8-11-28-12-9-19/h4,6-9,11-12,14-17,29H,3,5,10,13H2,1-2H3,(H,33,34)(H,30,31,35). The summed E-state index contributed by atoms with van der Waals surface area (Å²) in [6, 6.07) is 14.7. The minimum atomic E-state index is -0.285. The van der Waals surface area contributed by atoms with Crippen LogP contribution in [0.2, 0.25) is 0 Å². The largest absolute Gasteiger partial charge is 0.383 e. The summed E-state index contributed by atoms with van der Waals surface area (Å²) in [5.41, 5.74) is 5.05. The summed E-state index contributed by atoms with van der Waals surface area (Å²) in [4.78, 5) is 40.5. The summed E-state index contributed by atoms with van der Waals surface area (Å²) in [5, 5.41) is 6.08. The van der Waals surface area contributed by atoms with Crippen molar-refractivity contribution >= 4 is 34.7 Å². The molecule has 2 heterocycles. The van der Waals surface area contributed by atoms with Crippen LogP contribution in [0, 0.1) is 6.92 Å². The van der Waals surface area contributed by atoms with Crippen LogP contribution < -0.4 is 16.2 Å². The minimum absolute atomic E-state index is 0.253. The fourth-order valence-corrected chi connectivity index (χ4v) is 3.63. The molecular formula is C27H28N6O3. The van der Waals surface area contributed by atoms with E-state index in [4.69, 9.17) is 4.74 Å². The molecule has 0 atom stereocenters. The van der Waals surface area contributed by atoms with Gasteiger partial charge in [0.2, 0.25) is 0 Å². The second-order valence-corrected chi connectivity index (χ2v) is 8.06. The average molecular weight is 485 g/mol. The first kappa shape index (κ1) is 24.7. The molecule has 1 amide bonds. The van der Waals surface area contributed by atoms with E-state index in [1.54, 1.807) is 31.5 Å². The Labute approximate surface area is 208 Å². The Bertz CT molecular complexity index is 1430. The van der Waals surface area contributed by atoms with Gasteiger partial charge in [-0.05, 0) is 67.8 Å². The highest BCUT2D eigenvalue weighted by Crippen LogP contribution is 2.29. The maximum atomic E-state index is 12.8. The van der Waals surface area contributed by atoms with Gasteiger partial charge in [0.1, 0.15) is 5.69 Å². The number of amides is 1. The molecule has 9 nitrogen and oxygen atoms in total. The lowest BCUT2D eigenvalue weighted by Gasteiger charge is -2.11. The lowest BCUT2D eigenvalue weighted by atomic mass is 10.0. The van der Waals surface area contributed by atoms with E-state index in [1.165, 1.54) is 6.34 Å². The summed E-state index contributed by atoms with van der Waals surface area (Å²) < 4.78 is 5.40. The van der Waals surface area contributed by atoms with Crippen LogP contribution in [0.3, 0.4) is 0 Å². The van der Waals surface area contributed by atoms with Gasteiger partial charge in [-0.1, -0.05) is 12.1 Å². The van der Waals surface area contributed by atoms with Crippen molar-refractivity contribution in [3.63, 3.8) is 0 Å². The summed E-state index contributed by atoms with van der Waals surface area (Å²) in [7, 11) is 0. The highest BCUT2D eigenvalue weighted by molar-refractivity contribution is 6.02. The number of ether oxygens (including phenoxy) is 1. The number of hydrogen-bond acceptors (Lipinski definition) is 7. The Kier molecular flexibility index (Phi) is 8.15. The van der Waals surface area contributed by atoms with Gasteiger partial charge in [-0.3, -0.25) is 14.6 Å². The molecule has 4 aromatic rings. The van der Waals surface area contributed by atoms with Crippen molar-refractivity contribution in [2.75, 3.05) is 25.1 Å². The fourth-order valence-electron chi connectivity index (χ4n) is 3.63. The average Bonchev–Trinajstić information content (AvgIpc) is 2.90. The first-order valence-corrected chi connectivity index (χ1v) is 11.8. The van der Waals surface area contributed by atoms with Crippen LogP contribution in [0.4, 0.5) is 11.4 Å². The van der Waals surface area contributed by atoms with Gasteiger partial charge in [0.05, 0.1) is 28.7 Å². The highest BCUT2D eigenvalue weighted by Gasteiger charge is 2.09. The zero-order chi connectivity index (χ0) is 25.3. The molecule has 0 fully saturated rings. The lowest BCUT2D eigenvalue weighted by Crippen LogP contribution is -2.21. The van der Waals surface area contributed by atoms with E-state index in [-0.39, 0.29) is 11.5 Å². The minimum Gasteiger partial charge on any atom is -0.383 e. The molecule has 2 aromatic carbocycles. The van der Waals surface area contributed by atoms with Crippen LogP contribution in [-0.2, 0) is 4.74 Å². The number of pyridine rings is 1. The molecule has 3 N–H and O–H groups in total. The first-order valence-electron chi connectivity index (χ1n) is 11.8. The molecule has 0 aliphatic heterocycles. The number of carbonyl (C=O) groups is 1. The van der Waals surface area contributed by atoms with Gasteiger partial charge in [-0.2, -0.15) is 0 Å². The van der Waals surface area contributed by atoms with Gasteiger partial charge in [0, 0.05) is 37.7 Å². The number of nitrogens with one attached hydrogen (secondary N) is 3. The van der Waals surface area contributed by atoms with Crippen LogP contribution in [0.25, 0.3) is 22.2 Å². The number of benzene rings is 2. The third kappa shape index (κ3) is 6.19. The molecule has 2 aromatic heterocycles. The molecule has 0 bridgehead atoms. The summed E-state index contributed by atoms with van der Waals surface area (Å²) in [5.74, 6) is -0.285. The number of nitrogens with zero attached hydrogens (tertiary/aromatic N) is 3. The van der Waals surface area contributed by atoms with Gasteiger partial charge in [0.15, 0.2) is 0 Å². The number of aliphatic imine (C=N–C) groups is 1. The molecule has 0 aliphatic rings. The summed E-state index contributed by atoms with van der Waals surface area (Å²) in [6.45, 7) is 5.62. The van der Waals surface area contributed by atoms with Gasteiger partial charge < -0.3 is 20.4 Å². The highest BCUT2D eigenvalue weighted by atomic mass is 16.5. The Balaban J connectivity index is 1.53. The number of fused-ring (bicyclic) bond motifs is 1. The predicted octanol–water partition coefficient (Wildman–Crippen LogP) is 4.22. The molecule has 36 heavy (non-hydrogen) atoms. The van der Waals surface area contributed by atoms with Crippen LogP contribution in [0.5, 0.6) is 0 Å². The Morgan fingerprint density at radius 3 is 2.78 bits per heavy atom. The van der Waals surface area contributed by atoms with E-state index < -0.39 is 0 Å². The number of hydrogen-bond donors (Lipinski definition) is 3. The van der Waals surface area contributed by atoms with Crippen molar-refractivity contribution in [3.8, 4) is 11.1 Å². The molecule has 0 unspecified atom stereocenters. The second-order valence-electron chi connectivity index (χ2n) is 8.06. The van der Waals surface area contributed by atoms with Gasteiger partial charge >= 0.3 is 0 Å². The number of aromatic nitrogens is 3. The normalized spacial score (nSPS) is 11.2. The quantitative estimate of drug-likeness (QED) is 0.176. The fraction of sp³-hybridized carbons (Fsp3) is 0.222. The van der Waals surface area contributed by atoms with E-state index in [1.807, 2.05) is 43.3 Å². The number of carbonyl (C=O) groups excluding carboxylic acids is 1. The second kappa shape index (κ2) is 11.9. The molecule has 9 heteroatoms. The van der Waals surface area contributed by atoms with Crippen molar-refractivity contribution in [3.05, 3.63) is 82.5 Å². The number of aromatic amines is 1. The molecule has 0 radical (unpaired) electrons. The maximum Gasteiger partial charge on any atom is 0.269 e. The molecule has 0 saturated heterocycles. The van der Waals surface area contributed by atoms with E-state index in [9.17, 15) is 9.59 Å². The van der Waals surface area contributed by atoms with E-state index in [2.05, 4.69) is 30.6 Å². The van der Waals surface area contributed by atoms with Crippen LogP contribution in [-0.4, -0.2) is 47.0 Å². The van der Waals surface area contributed by atoms with Gasteiger partial charge in [-0.15, -0.1) is 0 Å². The topological polar surface area (TPSA) is 121 Å². The molecule has 4 rings (SSSR count). The van der Waals surface area contributed by atoms with Crippen molar-refractivity contribution in [1.82, 2.24) is 20.3 Å². The monoisotopic (exact) mass is 484 g/mol. The number of rotatable bonds is 10. The predicted molar refractivity (Wildman–Crippen MR) is 142 cm³/mol. The zero-order valence-electron chi connectivity index (χ0n) is 20.2. The van der Waals surface area contributed by atoms with Crippen molar-refractivity contribution in [2.45, 2.75) is 20.3 Å². The van der Waals surface area contributed by atoms with Gasteiger partial charge in [-0.25, -0.2) is 9.98 Å². The molecule has 184 valence electrons. The van der Waals surface area contributed by atoms with Crippen molar-refractivity contribution < 1.29 is 9.53 Å². The van der Waals surface area contributed by atoms with E-state index in [0.717, 1.165) is 23.2 Å². The smallest absolute Gasteiger partial charge is 0.269 e. The molecule has 0 spiro atoms.